The van der Waals surface area contributed by atoms with E-state index in [0.29, 0.717) is 16.5 Å². The Morgan fingerprint density at radius 2 is 1.53 bits per heavy atom. The van der Waals surface area contributed by atoms with Crippen LogP contribution < -0.4 is 5.73 Å². The van der Waals surface area contributed by atoms with Gasteiger partial charge in [-0.3, -0.25) is 9.54 Å². The van der Waals surface area contributed by atoms with Gasteiger partial charge in [-0.15, -0.1) is 10.2 Å². The third kappa shape index (κ3) is 4.59. The molecule has 0 aliphatic rings. The van der Waals surface area contributed by atoms with Gasteiger partial charge in [-0.1, -0.05) is 72.3 Å². The molecule has 5 aromatic rings. The molecule has 36 heavy (non-hydrogen) atoms. The average molecular weight is 495 g/mol. The van der Waals surface area contributed by atoms with Gasteiger partial charge in [0.15, 0.2) is 0 Å². The van der Waals surface area contributed by atoms with Crippen LogP contribution in [0.2, 0.25) is 0 Å². The second kappa shape index (κ2) is 9.33. The van der Waals surface area contributed by atoms with Gasteiger partial charge in [-0.05, 0) is 42.3 Å². The van der Waals surface area contributed by atoms with Crippen LogP contribution in [0.4, 0.5) is 17.1 Å². The Morgan fingerprint density at radius 1 is 0.806 bits per heavy atom. The monoisotopic (exact) mass is 494 g/mol. The van der Waals surface area contributed by atoms with Gasteiger partial charge >= 0.3 is 0 Å². The van der Waals surface area contributed by atoms with E-state index in [4.69, 9.17) is 5.73 Å². The topological polar surface area (TPSA) is 118 Å². The third-order valence-electron chi connectivity index (χ3n) is 5.86. The van der Waals surface area contributed by atoms with E-state index in [2.05, 4.69) is 45.5 Å². The number of aromatic nitrogens is 1. The maximum atomic E-state index is 11.9. The molecular weight excluding hydrogens is 472 g/mol. The highest BCUT2D eigenvalue weighted by Crippen LogP contribution is 2.37. The quantitative estimate of drug-likeness (QED) is 0.153. The second-order valence-electron chi connectivity index (χ2n) is 8.34. The SMILES string of the molecule is Cc1ccc(-c2ccccc2)c(-c2ccc(N=Nc3cc(S(=O)(=O)O)c4ccccc4c3N)cn2)c1. The van der Waals surface area contributed by atoms with Gasteiger partial charge in [0.25, 0.3) is 10.1 Å². The normalized spacial score (nSPS) is 11.8. The Labute approximate surface area is 208 Å². The molecule has 0 spiro atoms. The summed E-state index contributed by atoms with van der Waals surface area (Å²) in [5.41, 5.74) is 12.2. The Hall–Kier alpha value is -4.40. The number of nitrogen functional groups attached to an aromatic ring is 1. The highest BCUT2D eigenvalue weighted by Gasteiger charge is 2.18. The predicted molar refractivity (Wildman–Crippen MR) is 142 cm³/mol. The second-order valence-corrected chi connectivity index (χ2v) is 9.73. The minimum Gasteiger partial charge on any atom is -0.396 e. The molecule has 0 saturated heterocycles. The lowest BCUT2D eigenvalue weighted by atomic mass is 9.95. The summed E-state index contributed by atoms with van der Waals surface area (Å²) in [5.74, 6) is 0. The van der Waals surface area contributed by atoms with Crippen molar-refractivity contribution < 1.29 is 13.0 Å². The lowest BCUT2D eigenvalue weighted by Crippen LogP contribution is -2.01. The Kier molecular flexibility index (Phi) is 6.05. The van der Waals surface area contributed by atoms with Crippen LogP contribution in [0.25, 0.3) is 33.2 Å². The summed E-state index contributed by atoms with van der Waals surface area (Å²) in [4.78, 5) is 4.32. The van der Waals surface area contributed by atoms with Crippen molar-refractivity contribution in [2.24, 2.45) is 10.2 Å². The number of nitrogens with two attached hydrogens (primary N) is 1. The molecule has 0 bridgehead atoms. The maximum Gasteiger partial charge on any atom is 0.295 e. The zero-order chi connectivity index (χ0) is 25.3. The highest BCUT2D eigenvalue weighted by atomic mass is 32.2. The summed E-state index contributed by atoms with van der Waals surface area (Å²) >= 11 is 0. The molecule has 0 saturated carbocycles. The van der Waals surface area contributed by atoms with Crippen molar-refractivity contribution in [1.29, 1.82) is 0 Å². The molecule has 0 aliphatic heterocycles. The zero-order valence-electron chi connectivity index (χ0n) is 19.3. The molecule has 5 rings (SSSR count). The zero-order valence-corrected chi connectivity index (χ0v) is 20.1. The summed E-state index contributed by atoms with van der Waals surface area (Å²) in [6.07, 6.45) is 1.59. The van der Waals surface area contributed by atoms with Crippen LogP contribution in [-0.2, 0) is 10.1 Å². The molecule has 3 N–H and O–H groups in total. The van der Waals surface area contributed by atoms with Crippen LogP contribution in [-0.4, -0.2) is 18.0 Å². The number of benzene rings is 4. The molecule has 0 unspecified atom stereocenters. The lowest BCUT2D eigenvalue weighted by molar-refractivity contribution is 0.484. The first-order valence-electron chi connectivity index (χ1n) is 11.1. The van der Waals surface area contributed by atoms with Crippen LogP contribution in [0.1, 0.15) is 5.56 Å². The van der Waals surface area contributed by atoms with E-state index in [1.54, 1.807) is 36.5 Å². The van der Waals surface area contributed by atoms with Crippen LogP contribution >= 0.6 is 0 Å². The van der Waals surface area contributed by atoms with Crippen molar-refractivity contribution >= 4 is 38.0 Å². The van der Waals surface area contributed by atoms with Crippen LogP contribution in [0.15, 0.2) is 112 Å². The van der Waals surface area contributed by atoms with E-state index >= 15 is 0 Å². The molecule has 0 aliphatic carbocycles. The molecule has 4 aromatic carbocycles. The summed E-state index contributed by atoms with van der Waals surface area (Å²) in [5, 5.41) is 9.15. The smallest absolute Gasteiger partial charge is 0.295 e. The Morgan fingerprint density at radius 3 is 2.22 bits per heavy atom. The molecule has 178 valence electrons. The van der Waals surface area contributed by atoms with Crippen LogP contribution in [0, 0.1) is 6.92 Å². The summed E-state index contributed by atoms with van der Waals surface area (Å²) < 4.78 is 33.6. The van der Waals surface area contributed by atoms with Crippen LogP contribution in [0.5, 0.6) is 0 Å². The van der Waals surface area contributed by atoms with Gasteiger partial charge in [0.2, 0.25) is 0 Å². The lowest BCUT2D eigenvalue weighted by Gasteiger charge is -2.11. The van der Waals surface area contributed by atoms with E-state index in [1.165, 1.54) is 6.07 Å². The number of aryl methyl sites for hydroxylation is 1. The van der Waals surface area contributed by atoms with E-state index < -0.39 is 10.1 Å². The van der Waals surface area contributed by atoms with E-state index in [9.17, 15) is 13.0 Å². The molecule has 1 aromatic heterocycles. The van der Waals surface area contributed by atoms with Crippen molar-refractivity contribution in [2.75, 3.05) is 5.73 Å². The molecular formula is C28H22N4O3S. The molecule has 0 atom stereocenters. The highest BCUT2D eigenvalue weighted by molar-refractivity contribution is 7.86. The number of hydrogen-bond acceptors (Lipinski definition) is 6. The largest absolute Gasteiger partial charge is 0.396 e. The van der Waals surface area contributed by atoms with E-state index in [0.717, 1.165) is 27.9 Å². The van der Waals surface area contributed by atoms with Crippen molar-refractivity contribution in [1.82, 2.24) is 4.98 Å². The molecule has 8 heteroatoms. The standard InChI is InChI=1S/C28H22N4O3S/c1-18-11-13-21(19-7-3-2-4-8-19)24(15-18)25-14-12-20(17-30-25)31-32-26-16-27(36(33,34)35)22-9-5-6-10-23(22)28(26)29/h2-17H,29H2,1H3,(H,33,34,35). The fraction of sp³-hybridized carbons (Fsp3) is 0.0357. The van der Waals surface area contributed by atoms with Crippen molar-refractivity contribution in [2.45, 2.75) is 11.8 Å². The number of nitrogens with zero attached hydrogens (tertiary/aromatic N) is 3. The number of anilines is 1. The minimum absolute atomic E-state index is 0.135. The number of azo groups is 1. The summed E-state index contributed by atoms with van der Waals surface area (Å²) in [6.45, 7) is 2.04. The first-order valence-corrected chi connectivity index (χ1v) is 12.6. The Bertz CT molecular complexity index is 1720. The van der Waals surface area contributed by atoms with Gasteiger partial charge < -0.3 is 5.73 Å². The first kappa shape index (κ1) is 23.3. The number of fused-ring (bicyclic) bond motifs is 1. The molecule has 0 amide bonds. The summed E-state index contributed by atoms with van der Waals surface area (Å²) in [6, 6.07) is 27.9. The Balaban J connectivity index is 1.51. The molecule has 0 radical (unpaired) electrons. The number of rotatable bonds is 5. The van der Waals surface area contributed by atoms with Gasteiger partial charge in [0.05, 0.1) is 17.6 Å². The minimum atomic E-state index is -4.49. The maximum absolute atomic E-state index is 11.9. The van der Waals surface area contributed by atoms with Gasteiger partial charge in [0, 0.05) is 16.3 Å². The number of pyridine rings is 1. The van der Waals surface area contributed by atoms with E-state index in [1.807, 2.05) is 31.2 Å². The van der Waals surface area contributed by atoms with Gasteiger partial charge in [0.1, 0.15) is 16.3 Å². The first-order chi connectivity index (χ1) is 17.3. The fourth-order valence-electron chi connectivity index (χ4n) is 4.10. The fourth-order valence-corrected chi connectivity index (χ4v) is 4.82. The van der Waals surface area contributed by atoms with E-state index in [-0.39, 0.29) is 16.3 Å². The van der Waals surface area contributed by atoms with Crippen LogP contribution in [0.3, 0.4) is 0 Å². The van der Waals surface area contributed by atoms with Crippen molar-refractivity contribution in [3.8, 4) is 22.4 Å². The van der Waals surface area contributed by atoms with Crippen molar-refractivity contribution in [3.05, 3.63) is 103 Å². The third-order valence-corrected chi connectivity index (χ3v) is 6.75. The number of hydrogen-bond donors (Lipinski definition) is 2. The summed E-state index contributed by atoms with van der Waals surface area (Å²) in [7, 11) is -4.49. The molecule has 7 nitrogen and oxygen atoms in total. The molecule has 1 heterocycles. The van der Waals surface area contributed by atoms with Gasteiger partial charge in [-0.25, -0.2) is 0 Å². The van der Waals surface area contributed by atoms with Gasteiger partial charge in [-0.2, -0.15) is 8.42 Å². The molecule has 0 fully saturated rings. The predicted octanol–water partition coefficient (Wildman–Crippen LogP) is 7.12. The average Bonchev–Trinajstić information content (AvgIpc) is 2.88. The van der Waals surface area contributed by atoms with Crippen molar-refractivity contribution in [3.63, 3.8) is 0 Å².